The van der Waals surface area contributed by atoms with Crippen molar-refractivity contribution in [2.24, 2.45) is 5.92 Å². The molecule has 2 heterocycles. The van der Waals surface area contributed by atoms with Gasteiger partial charge in [-0.2, -0.15) is 4.98 Å². The van der Waals surface area contributed by atoms with Gasteiger partial charge in [-0.25, -0.2) is 0 Å². The van der Waals surface area contributed by atoms with Crippen LogP contribution in [0.5, 0.6) is 0 Å². The molecule has 1 aliphatic rings. The molecule has 1 aliphatic heterocycles. The van der Waals surface area contributed by atoms with Crippen molar-refractivity contribution in [2.75, 3.05) is 18.4 Å². The number of amides is 1. The molecule has 150 valence electrons. The van der Waals surface area contributed by atoms with Gasteiger partial charge in [0, 0.05) is 17.2 Å². The number of carbonyl (C=O) groups is 1. The van der Waals surface area contributed by atoms with E-state index in [1.165, 1.54) is 11.1 Å². The fourth-order valence-electron chi connectivity index (χ4n) is 3.63. The van der Waals surface area contributed by atoms with Gasteiger partial charge in [-0.3, -0.25) is 9.69 Å². The number of piperidine rings is 1. The minimum Gasteiger partial charge on any atom is -0.338 e. The number of anilines is 1. The maximum atomic E-state index is 12.6. The Labute approximate surface area is 170 Å². The number of aryl methyl sites for hydroxylation is 2. The van der Waals surface area contributed by atoms with Crippen LogP contribution in [0.2, 0.25) is 0 Å². The first-order valence-corrected chi connectivity index (χ1v) is 10.1. The SMILES string of the molecule is Cc1ccc(NC(=O)C2CCN(Cc3nc(-c4ccccc4)no3)CC2)cc1C. The fraction of sp³-hybridized carbons (Fsp3) is 0.348. The van der Waals surface area contributed by atoms with Crippen LogP contribution in [0.25, 0.3) is 11.4 Å². The smallest absolute Gasteiger partial charge is 0.241 e. The number of hydrogen-bond donors (Lipinski definition) is 1. The molecule has 1 N–H and O–H groups in total. The van der Waals surface area contributed by atoms with E-state index in [9.17, 15) is 4.79 Å². The van der Waals surface area contributed by atoms with Crippen molar-refractivity contribution in [1.29, 1.82) is 0 Å². The van der Waals surface area contributed by atoms with Crippen LogP contribution in [0.3, 0.4) is 0 Å². The molecule has 0 bridgehead atoms. The second kappa shape index (κ2) is 8.57. The summed E-state index contributed by atoms with van der Waals surface area (Å²) in [6, 6.07) is 15.9. The second-order valence-corrected chi connectivity index (χ2v) is 7.72. The monoisotopic (exact) mass is 390 g/mol. The third-order valence-electron chi connectivity index (χ3n) is 5.59. The molecule has 1 aromatic heterocycles. The van der Waals surface area contributed by atoms with E-state index in [0.29, 0.717) is 18.3 Å². The van der Waals surface area contributed by atoms with Gasteiger partial charge < -0.3 is 9.84 Å². The van der Waals surface area contributed by atoms with Crippen LogP contribution in [-0.4, -0.2) is 34.0 Å². The highest BCUT2D eigenvalue weighted by molar-refractivity contribution is 5.92. The Hall–Kier alpha value is -2.99. The first-order valence-electron chi connectivity index (χ1n) is 10.1. The number of aromatic nitrogens is 2. The summed E-state index contributed by atoms with van der Waals surface area (Å²) in [6.45, 7) is 6.43. The molecule has 4 rings (SSSR count). The van der Waals surface area contributed by atoms with Gasteiger partial charge in [-0.15, -0.1) is 0 Å². The average molecular weight is 390 g/mol. The van der Waals surface area contributed by atoms with Crippen LogP contribution in [0, 0.1) is 19.8 Å². The molecule has 2 aromatic carbocycles. The zero-order valence-corrected chi connectivity index (χ0v) is 16.9. The second-order valence-electron chi connectivity index (χ2n) is 7.72. The van der Waals surface area contributed by atoms with Crippen LogP contribution in [0.4, 0.5) is 5.69 Å². The van der Waals surface area contributed by atoms with E-state index in [1.54, 1.807) is 0 Å². The predicted molar refractivity (Wildman–Crippen MR) is 112 cm³/mol. The molecule has 29 heavy (non-hydrogen) atoms. The number of hydrogen-bond acceptors (Lipinski definition) is 5. The van der Waals surface area contributed by atoms with Crippen molar-refractivity contribution in [3.8, 4) is 11.4 Å². The molecule has 0 aliphatic carbocycles. The number of rotatable bonds is 5. The maximum absolute atomic E-state index is 12.6. The van der Waals surface area contributed by atoms with Gasteiger partial charge in [0.2, 0.25) is 17.6 Å². The van der Waals surface area contributed by atoms with Crippen LogP contribution in [0.1, 0.15) is 29.9 Å². The van der Waals surface area contributed by atoms with Gasteiger partial charge in [0.05, 0.1) is 6.54 Å². The molecular weight excluding hydrogens is 364 g/mol. The van der Waals surface area contributed by atoms with Gasteiger partial charge in [-0.1, -0.05) is 41.6 Å². The Bertz CT molecular complexity index is 976. The Morgan fingerprint density at radius 2 is 1.86 bits per heavy atom. The summed E-state index contributed by atoms with van der Waals surface area (Å²) in [5.74, 6) is 1.37. The maximum Gasteiger partial charge on any atom is 0.241 e. The van der Waals surface area contributed by atoms with E-state index in [-0.39, 0.29) is 11.8 Å². The van der Waals surface area contributed by atoms with E-state index in [2.05, 4.69) is 34.2 Å². The Kier molecular flexibility index (Phi) is 5.71. The number of nitrogens with zero attached hydrogens (tertiary/aromatic N) is 3. The molecule has 0 atom stereocenters. The van der Waals surface area contributed by atoms with Crippen molar-refractivity contribution < 1.29 is 9.32 Å². The summed E-state index contributed by atoms with van der Waals surface area (Å²) in [5, 5.41) is 7.15. The molecule has 0 spiro atoms. The van der Waals surface area contributed by atoms with Crippen molar-refractivity contribution in [1.82, 2.24) is 15.0 Å². The molecule has 6 heteroatoms. The lowest BCUT2D eigenvalue weighted by Gasteiger charge is -2.30. The van der Waals surface area contributed by atoms with Crippen molar-refractivity contribution in [3.05, 3.63) is 65.5 Å². The predicted octanol–water partition coefficient (Wildman–Crippen LogP) is 4.20. The summed E-state index contributed by atoms with van der Waals surface area (Å²) in [4.78, 5) is 19.4. The van der Waals surface area contributed by atoms with E-state index >= 15 is 0 Å². The molecular formula is C23H26N4O2. The number of carbonyl (C=O) groups excluding carboxylic acids is 1. The standard InChI is InChI=1S/C23H26N4O2/c1-16-8-9-20(14-17(16)2)24-23(28)19-10-12-27(13-11-19)15-21-25-22(26-29-21)18-6-4-3-5-7-18/h3-9,14,19H,10-13,15H2,1-2H3,(H,24,28). The third-order valence-corrected chi connectivity index (χ3v) is 5.59. The Morgan fingerprint density at radius 3 is 2.59 bits per heavy atom. The normalized spacial score (nSPS) is 15.4. The van der Waals surface area contributed by atoms with E-state index in [0.717, 1.165) is 37.2 Å². The van der Waals surface area contributed by atoms with Crippen LogP contribution >= 0.6 is 0 Å². The third kappa shape index (κ3) is 4.71. The quantitative estimate of drug-likeness (QED) is 0.707. The minimum absolute atomic E-state index is 0.0374. The zero-order chi connectivity index (χ0) is 20.2. The molecule has 1 fully saturated rings. The molecule has 6 nitrogen and oxygen atoms in total. The van der Waals surface area contributed by atoms with Gasteiger partial charge in [0.1, 0.15) is 0 Å². The molecule has 1 amide bonds. The fourth-order valence-corrected chi connectivity index (χ4v) is 3.63. The van der Waals surface area contributed by atoms with E-state index in [1.807, 2.05) is 48.5 Å². The first-order chi connectivity index (χ1) is 14.1. The Morgan fingerprint density at radius 1 is 1.10 bits per heavy atom. The van der Waals surface area contributed by atoms with Crippen LogP contribution < -0.4 is 5.32 Å². The molecule has 3 aromatic rings. The Balaban J connectivity index is 1.29. The highest BCUT2D eigenvalue weighted by Gasteiger charge is 2.26. The first kappa shape index (κ1) is 19.3. The minimum atomic E-state index is 0.0374. The van der Waals surface area contributed by atoms with Crippen LogP contribution in [-0.2, 0) is 11.3 Å². The van der Waals surface area contributed by atoms with Gasteiger partial charge in [0.15, 0.2) is 0 Å². The van der Waals surface area contributed by atoms with E-state index in [4.69, 9.17) is 4.52 Å². The highest BCUT2D eigenvalue weighted by atomic mass is 16.5. The molecule has 1 saturated heterocycles. The summed E-state index contributed by atoms with van der Waals surface area (Å²) < 4.78 is 5.41. The number of nitrogens with one attached hydrogen (secondary N) is 1. The molecule has 0 saturated carbocycles. The zero-order valence-electron chi connectivity index (χ0n) is 16.9. The number of likely N-dealkylation sites (tertiary alicyclic amines) is 1. The van der Waals surface area contributed by atoms with Crippen molar-refractivity contribution >= 4 is 11.6 Å². The topological polar surface area (TPSA) is 71.3 Å². The van der Waals surface area contributed by atoms with E-state index < -0.39 is 0 Å². The largest absolute Gasteiger partial charge is 0.338 e. The van der Waals surface area contributed by atoms with Crippen LogP contribution in [0.15, 0.2) is 53.1 Å². The number of benzene rings is 2. The lowest BCUT2D eigenvalue weighted by Crippen LogP contribution is -2.37. The van der Waals surface area contributed by atoms with Crippen molar-refractivity contribution in [2.45, 2.75) is 33.2 Å². The summed E-state index contributed by atoms with van der Waals surface area (Å²) >= 11 is 0. The summed E-state index contributed by atoms with van der Waals surface area (Å²) in [5.41, 5.74) is 4.24. The van der Waals surface area contributed by atoms with Crippen molar-refractivity contribution in [3.63, 3.8) is 0 Å². The van der Waals surface area contributed by atoms with Gasteiger partial charge in [0.25, 0.3) is 0 Å². The van der Waals surface area contributed by atoms with Gasteiger partial charge >= 0.3 is 0 Å². The lowest BCUT2D eigenvalue weighted by atomic mass is 9.95. The summed E-state index contributed by atoms with van der Waals surface area (Å²) in [7, 11) is 0. The molecule has 0 unspecified atom stereocenters. The summed E-state index contributed by atoms with van der Waals surface area (Å²) in [6.07, 6.45) is 1.66. The lowest BCUT2D eigenvalue weighted by molar-refractivity contribution is -0.121. The average Bonchev–Trinajstić information content (AvgIpc) is 3.20. The molecule has 0 radical (unpaired) electrons. The highest BCUT2D eigenvalue weighted by Crippen LogP contribution is 2.22. The van der Waals surface area contributed by atoms with Gasteiger partial charge in [-0.05, 0) is 63.0 Å².